The van der Waals surface area contributed by atoms with Gasteiger partial charge < -0.3 is 5.32 Å². The summed E-state index contributed by atoms with van der Waals surface area (Å²) in [5, 5.41) is 15.8. The molecule has 1 aliphatic rings. The Hall–Kier alpha value is -3.04. The van der Waals surface area contributed by atoms with Crippen molar-refractivity contribution in [1.82, 2.24) is 10.4 Å². The summed E-state index contributed by atoms with van der Waals surface area (Å²) in [5.41, 5.74) is 4.83. The number of rotatable bonds is 6. The Bertz CT molecular complexity index is 997. The first kappa shape index (κ1) is 21.7. The van der Waals surface area contributed by atoms with Crippen LogP contribution < -0.4 is 10.7 Å². The second kappa shape index (κ2) is 9.64. The van der Waals surface area contributed by atoms with E-state index in [9.17, 15) is 19.7 Å². The summed E-state index contributed by atoms with van der Waals surface area (Å²) in [6.45, 7) is 0. The van der Waals surface area contributed by atoms with Crippen LogP contribution in [0.2, 0.25) is 0 Å². The van der Waals surface area contributed by atoms with E-state index in [1.807, 2.05) is 0 Å². The van der Waals surface area contributed by atoms with Crippen LogP contribution in [0.3, 0.4) is 0 Å². The minimum Gasteiger partial charge on any atom is -0.313 e. The number of aryl methyl sites for hydroxylation is 1. The fourth-order valence-electron chi connectivity index (χ4n) is 3.40. The monoisotopic (exact) mass is 428 g/mol. The quantitative estimate of drug-likeness (QED) is 0.315. The largest absolute Gasteiger partial charge is 0.313 e. The van der Waals surface area contributed by atoms with Gasteiger partial charge in [-0.3, -0.25) is 25.1 Å². The maximum absolute atomic E-state index is 12.8. The predicted molar refractivity (Wildman–Crippen MR) is 117 cm³/mol. The highest BCUT2D eigenvalue weighted by molar-refractivity contribution is 7.17. The molecular weight excluding hydrogens is 404 g/mol. The Kier molecular flexibility index (Phi) is 6.96. The number of nitro benzene ring substituents is 1. The van der Waals surface area contributed by atoms with Gasteiger partial charge in [0.1, 0.15) is 5.00 Å². The van der Waals surface area contributed by atoms with Gasteiger partial charge in [0, 0.05) is 37.2 Å². The van der Waals surface area contributed by atoms with Crippen molar-refractivity contribution in [2.24, 2.45) is 0 Å². The third-order valence-electron chi connectivity index (χ3n) is 4.72. The molecule has 0 unspecified atom stereocenters. The highest BCUT2D eigenvalue weighted by Gasteiger charge is 2.25. The van der Waals surface area contributed by atoms with Gasteiger partial charge >= 0.3 is 0 Å². The van der Waals surface area contributed by atoms with E-state index in [-0.39, 0.29) is 11.6 Å². The molecule has 0 spiro atoms. The smallest absolute Gasteiger partial charge is 0.270 e. The molecule has 0 bridgehead atoms. The zero-order valence-corrected chi connectivity index (χ0v) is 17.8. The number of carbonyl (C=O) groups is 2. The van der Waals surface area contributed by atoms with Crippen LogP contribution in [0.5, 0.6) is 0 Å². The van der Waals surface area contributed by atoms with E-state index < -0.39 is 10.8 Å². The lowest BCUT2D eigenvalue weighted by molar-refractivity contribution is -0.384. The van der Waals surface area contributed by atoms with Crippen molar-refractivity contribution >= 4 is 39.9 Å². The van der Waals surface area contributed by atoms with Crippen molar-refractivity contribution in [2.45, 2.75) is 32.1 Å². The highest BCUT2D eigenvalue weighted by atomic mass is 32.1. The Balaban J connectivity index is 1.83. The van der Waals surface area contributed by atoms with Crippen molar-refractivity contribution < 1.29 is 14.5 Å². The number of carbonyl (C=O) groups excluding carboxylic acids is 2. The third kappa shape index (κ3) is 5.31. The second-order valence-electron chi connectivity index (χ2n) is 7.28. The second-order valence-corrected chi connectivity index (χ2v) is 8.38. The summed E-state index contributed by atoms with van der Waals surface area (Å²) in [6, 6.07) is 6.04. The maximum atomic E-state index is 12.8. The van der Waals surface area contributed by atoms with Crippen molar-refractivity contribution in [1.29, 1.82) is 0 Å². The number of hydrogen-bond acceptors (Lipinski definition) is 6. The minimum absolute atomic E-state index is 0.0396. The number of non-ortho nitro benzene ring substituents is 1. The lowest BCUT2D eigenvalue weighted by Gasteiger charge is -2.14. The standard InChI is InChI=1S/C21H24N4O4S/c1-24(2)23-20(27)19-16-9-4-3-5-10-17(16)30-21(19)22-18(26)12-11-14-7-6-8-15(13-14)25(28)29/h6-8,11-13H,3-5,9-10H2,1-2H3,(H,22,26)(H,23,27). The van der Waals surface area contributed by atoms with Gasteiger partial charge in [0.15, 0.2) is 0 Å². The summed E-state index contributed by atoms with van der Waals surface area (Å²) in [4.78, 5) is 36.9. The van der Waals surface area contributed by atoms with Crippen LogP contribution in [0.1, 0.15) is 45.6 Å². The molecule has 1 heterocycles. The van der Waals surface area contributed by atoms with E-state index in [2.05, 4.69) is 10.7 Å². The lowest BCUT2D eigenvalue weighted by Crippen LogP contribution is -2.36. The van der Waals surface area contributed by atoms with Gasteiger partial charge in [-0.15, -0.1) is 11.3 Å². The van der Waals surface area contributed by atoms with Gasteiger partial charge in [-0.25, -0.2) is 5.01 Å². The van der Waals surface area contributed by atoms with Gasteiger partial charge in [-0.1, -0.05) is 18.6 Å². The minimum atomic E-state index is -0.480. The predicted octanol–water partition coefficient (Wildman–Crippen LogP) is 3.78. The molecule has 2 N–H and O–H groups in total. The summed E-state index contributed by atoms with van der Waals surface area (Å²) in [5.74, 6) is -0.630. The van der Waals surface area contributed by atoms with Gasteiger partial charge in [0.25, 0.3) is 11.6 Å². The van der Waals surface area contributed by atoms with Crippen molar-refractivity contribution in [3.63, 3.8) is 0 Å². The summed E-state index contributed by atoms with van der Waals surface area (Å²) >= 11 is 1.45. The van der Waals surface area contributed by atoms with E-state index in [0.29, 0.717) is 16.1 Å². The normalized spacial score (nSPS) is 13.7. The average molecular weight is 429 g/mol. The third-order valence-corrected chi connectivity index (χ3v) is 5.93. The van der Waals surface area contributed by atoms with E-state index in [1.165, 1.54) is 35.6 Å². The number of fused-ring (bicyclic) bond motifs is 1. The molecule has 0 saturated heterocycles. The molecular formula is C21H24N4O4S. The molecule has 1 aromatic carbocycles. The fourth-order valence-corrected chi connectivity index (χ4v) is 4.69. The number of anilines is 1. The van der Waals surface area contributed by atoms with Crippen LogP contribution in [0, 0.1) is 10.1 Å². The Labute approximate surface area is 178 Å². The molecule has 30 heavy (non-hydrogen) atoms. The van der Waals surface area contributed by atoms with Gasteiger partial charge in [-0.2, -0.15) is 0 Å². The lowest BCUT2D eigenvalue weighted by atomic mass is 10.1. The molecule has 0 saturated carbocycles. The van der Waals surface area contributed by atoms with Gasteiger partial charge in [-0.05, 0) is 42.9 Å². The molecule has 0 atom stereocenters. The molecule has 3 rings (SSSR count). The fraction of sp³-hybridized carbons (Fsp3) is 0.333. The molecule has 2 aromatic rings. The first-order chi connectivity index (χ1) is 14.3. The Morgan fingerprint density at radius 3 is 2.70 bits per heavy atom. The van der Waals surface area contributed by atoms with Crippen LogP contribution in [-0.4, -0.2) is 35.8 Å². The zero-order valence-electron chi connectivity index (χ0n) is 16.9. The average Bonchev–Trinajstić information content (AvgIpc) is 2.86. The maximum Gasteiger partial charge on any atom is 0.270 e. The van der Waals surface area contributed by atoms with Crippen molar-refractivity contribution in [3.05, 3.63) is 62.0 Å². The number of nitrogens with zero attached hydrogens (tertiary/aromatic N) is 2. The molecule has 0 radical (unpaired) electrons. The molecule has 1 aliphatic carbocycles. The molecule has 0 aliphatic heterocycles. The van der Waals surface area contributed by atoms with Crippen LogP contribution in [0.4, 0.5) is 10.7 Å². The summed E-state index contributed by atoms with van der Waals surface area (Å²) in [7, 11) is 3.48. The number of hydrazine groups is 1. The van der Waals surface area contributed by atoms with Crippen LogP contribution in [-0.2, 0) is 17.6 Å². The van der Waals surface area contributed by atoms with Crippen LogP contribution in [0.15, 0.2) is 30.3 Å². The molecule has 9 heteroatoms. The number of nitro groups is 1. The number of hydrogen-bond donors (Lipinski definition) is 2. The molecule has 0 fully saturated rings. The first-order valence-corrected chi connectivity index (χ1v) is 10.5. The Morgan fingerprint density at radius 1 is 1.20 bits per heavy atom. The number of amides is 2. The van der Waals surface area contributed by atoms with Crippen LogP contribution >= 0.6 is 11.3 Å². The van der Waals surface area contributed by atoms with Gasteiger partial charge in [0.2, 0.25) is 5.91 Å². The van der Waals surface area contributed by atoms with E-state index in [1.54, 1.807) is 31.2 Å². The molecule has 8 nitrogen and oxygen atoms in total. The number of thiophene rings is 1. The highest BCUT2D eigenvalue weighted by Crippen LogP contribution is 2.37. The van der Waals surface area contributed by atoms with Crippen molar-refractivity contribution in [2.75, 3.05) is 19.4 Å². The topological polar surface area (TPSA) is 105 Å². The zero-order chi connectivity index (χ0) is 21.7. The summed E-state index contributed by atoms with van der Waals surface area (Å²) in [6.07, 6.45) is 7.78. The SMILES string of the molecule is CN(C)NC(=O)c1c(NC(=O)C=Cc2cccc([N+](=O)[O-])c2)sc2c1CCCCC2. The van der Waals surface area contributed by atoms with Crippen molar-refractivity contribution in [3.8, 4) is 0 Å². The van der Waals surface area contributed by atoms with Gasteiger partial charge in [0.05, 0.1) is 10.5 Å². The summed E-state index contributed by atoms with van der Waals surface area (Å²) < 4.78 is 0. The first-order valence-electron chi connectivity index (χ1n) is 9.71. The molecule has 1 aromatic heterocycles. The number of nitrogens with one attached hydrogen (secondary N) is 2. The Morgan fingerprint density at radius 2 is 1.97 bits per heavy atom. The molecule has 2 amide bonds. The number of benzene rings is 1. The molecule has 158 valence electrons. The van der Waals surface area contributed by atoms with E-state index >= 15 is 0 Å². The van der Waals surface area contributed by atoms with E-state index in [4.69, 9.17) is 0 Å². The van der Waals surface area contributed by atoms with E-state index in [0.717, 1.165) is 42.5 Å². The van der Waals surface area contributed by atoms with Crippen LogP contribution in [0.25, 0.3) is 6.08 Å².